The average Bonchev–Trinajstić information content (AvgIpc) is 3.08. The van der Waals surface area contributed by atoms with Gasteiger partial charge in [0.15, 0.2) is 0 Å². The van der Waals surface area contributed by atoms with E-state index < -0.39 is 5.97 Å². The first kappa shape index (κ1) is 21.1. The number of carbonyl (C=O) groups excluding carboxylic acids is 1. The van der Waals surface area contributed by atoms with E-state index in [0.29, 0.717) is 29.2 Å². The summed E-state index contributed by atoms with van der Waals surface area (Å²) in [6.45, 7) is 2.26. The van der Waals surface area contributed by atoms with Crippen molar-refractivity contribution in [1.29, 1.82) is 5.26 Å². The summed E-state index contributed by atoms with van der Waals surface area (Å²) in [5, 5.41) is 18.5. The molecule has 0 saturated heterocycles. The standard InChI is InChI=1S/C26H22N2O4/c1-17-22(14-25(29)30)23-13-21(32-16-19-5-3-2-4-6-19)11-12-24(23)28(17)26(31)20-9-7-18(15-27)8-10-20/h2-13,17,22H,14,16H2,1H3,(H,29,30)/t17-,22-/m1/s1. The highest BCUT2D eigenvalue weighted by atomic mass is 16.5. The number of anilines is 1. The van der Waals surface area contributed by atoms with Gasteiger partial charge in [-0.2, -0.15) is 5.26 Å². The highest BCUT2D eigenvalue weighted by Crippen LogP contribution is 2.45. The number of amides is 1. The maximum atomic E-state index is 13.3. The topological polar surface area (TPSA) is 90.6 Å². The fourth-order valence-electron chi connectivity index (χ4n) is 4.13. The first-order valence-corrected chi connectivity index (χ1v) is 10.3. The van der Waals surface area contributed by atoms with E-state index in [1.807, 2.05) is 55.5 Å². The highest BCUT2D eigenvalue weighted by Gasteiger charge is 2.40. The van der Waals surface area contributed by atoms with Gasteiger partial charge in [0.05, 0.1) is 18.1 Å². The van der Waals surface area contributed by atoms with Crippen LogP contribution in [0.3, 0.4) is 0 Å². The maximum Gasteiger partial charge on any atom is 0.304 e. The van der Waals surface area contributed by atoms with Gasteiger partial charge in [-0.1, -0.05) is 30.3 Å². The monoisotopic (exact) mass is 426 g/mol. The molecular formula is C26H22N2O4. The van der Waals surface area contributed by atoms with Crippen LogP contribution in [0, 0.1) is 11.3 Å². The third-order valence-electron chi connectivity index (χ3n) is 5.77. The number of carboxylic acids is 1. The van der Waals surface area contributed by atoms with Gasteiger partial charge in [-0.3, -0.25) is 9.59 Å². The van der Waals surface area contributed by atoms with Crippen LogP contribution < -0.4 is 9.64 Å². The summed E-state index contributed by atoms with van der Waals surface area (Å²) in [6, 6.07) is 23.4. The van der Waals surface area contributed by atoms with Gasteiger partial charge in [0.1, 0.15) is 12.4 Å². The van der Waals surface area contributed by atoms with Crippen LogP contribution in [0.1, 0.15) is 46.3 Å². The number of benzene rings is 3. The predicted molar refractivity (Wildman–Crippen MR) is 120 cm³/mol. The molecule has 0 radical (unpaired) electrons. The number of rotatable bonds is 6. The van der Waals surface area contributed by atoms with Crippen molar-refractivity contribution in [2.75, 3.05) is 4.90 Å². The Labute approximate surface area is 186 Å². The smallest absolute Gasteiger partial charge is 0.304 e. The Kier molecular flexibility index (Phi) is 5.91. The first-order chi connectivity index (χ1) is 15.5. The zero-order chi connectivity index (χ0) is 22.7. The van der Waals surface area contributed by atoms with Crippen LogP contribution in [0.4, 0.5) is 5.69 Å². The SMILES string of the molecule is C[C@@H]1[C@@H](CC(=O)O)c2cc(OCc3ccccc3)ccc2N1C(=O)c1ccc(C#N)cc1. The highest BCUT2D eigenvalue weighted by molar-refractivity contribution is 6.08. The lowest BCUT2D eigenvalue weighted by atomic mass is 9.92. The second-order valence-corrected chi connectivity index (χ2v) is 7.80. The van der Waals surface area contributed by atoms with Crippen LogP contribution in [0.15, 0.2) is 72.8 Å². The Hall–Kier alpha value is -4.11. The number of hydrogen-bond donors (Lipinski definition) is 1. The number of aliphatic carboxylic acids is 1. The van der Waals surface area contributed by atoms with E-state index >= 15 is 0 Å². The molecular weight excluding hydrogens is 404 g/mol. The normalized spacial score (nSPS) is 16.8. The van der Waals surface area contributed by atoms with E-state index in [-0.39, 0.29) is 24.3 Å². The molecule has 4 rings (SSSR count). The van der Waals surface area contributed by atoms with Crippen LogP contribution in [0.2, 0.25) is 0 Å². The Bertz CT molecular complexity index is 1180. The minimum atomic E-state index is -0.920. The fraction of sp³-hybridized carbons (Fsp3) is 0.192. The predicted octanol–water partition coefficient (Wildman–Crippen LogP) is 4.74. The van der Waals surface area contributed by atoms with E-state index in [0.717, 1.165) is 11.1 Å². The fourth-order valence-corrected chi connectivity index (χ4v) is 4.13. The maximum absolute atomic E-state index is 13.3. The number of hydrogen-bond acceptors (Lipinski definition) is 4. The first-order valence-electron chi connectivity index (χ1n) is 10.3. The van der Waals surface area contributed by atoms with Crippen molar-refractivity contribution in [2.24, 2.45) is 0 Å². The second kappa shape index (κ2) is 8.94. The lowest BCUT2D eigenvalue weighted by molar-refractivity contribution is -0.137. The molecule has 3 aromatic rings. The Morgan fingerprint density at radius 2 is 1.78 bits per heavy atom. The Balaban J connectivity index is 1.65. The van der Waals surface area contributed by atoms with Crippen LogP contribution in [-0.4, -0.2) is 23.0 Å². The van der Waals surface area contributed by atoms with Gasteiger partial charge in [0.2, 0.25) is 0 Å². The van der Waals surface area contributed by atoms with E-state index in [1.165, 1.54) is 0 Å². The molecule has 1 aliphatic rings. The molecule has 1 N–H and O–H groups in total. The van der Waals surface area contributed by atoms with Gasteiger partial charge in [0.25, 0.3) is 5.91 Å². The molecule has 0 aromatic heterocycles. The van der Waals surface area contributed by atoms with Crippen molar-refractivity contribution in [3.8, 4) is 11.8 Å². The third-order valence-corrected chi connectivity index (χ3v) is 5.77. The molecule has 1 aliphatic heterocycles. The summed E-state index contributed by atoms with van der Waals surface area (Å²) in [7, 11) is 0. The van der Waals surface area contributed by atoms with Crippen molar-refractivity contribution in [3.63, 3.8) is 0 Å². The van der Waals surface area contributed by atoms with Crippen LogP contribution in [-0.2, 0) is 11.4 Å². The van der Waals surface area contributed by atoms with Crippen molar-refractivity contribution in [2.45, 2.75) is 31.9 Å². The summed E-state index contributed by atoms with van der Waals surface area (Å²) >= 11 is 0. The minimum absolute atomic E-state index is 0.0898. The van der Waals surface area contributed by atoms with Gasteiger partial charge in [-0.15, -0.1) is 0 Å². The molecule has 0 saturated carbocycles. The van der Waals surface area contributed by atoms with Crippen LogP contribution >= 0.6 is 0 Å². The minimum Gasteiger partial charge on any atom is -0.489 e. The summed E-state index contributed by atoms with van der Waals surface area (Å²) in [5.41, 5.74) is 3.42. The summed E-state index contributed by atoms with van der Waals surface area (Å²) < 4.78 is 5.93. The van der Waals surface area contributed by atoms with Gasteiger partial charge in [-0.25, -0.2) is 0 Å². The molecule has 1 amide bonds. The molecule has 6 heteroatoms. The van der Waals surface area contributed by atoms with Crippen molar-refractivity contribution in [3.05, 3.63) is 95.1 Å². The number of ether oxygens (including phenoxy) is 1. The molecule has 32 heavy (non-hydrogen) atoms. The van der Waals surface area contributed by atoms with E-state index in [2.05, 4.69) is 0 Å². The molecule has 2 atom stereocenters. The Morgan fingerprint density at radius 1 is 1.06 bits per heavy atom. The van der Waals surface area contributed by atoms with E-state index in [9.17, 15) is 14.7 Å². The molecule has 1 heterocycles. The van der Waals surface area contributed by atoms with E-state index in [1.54, 1.807) is 35.2 Å². The van der Waals surface area contributed by atoms with Crippen LogP contribution in [0.25, 0.3) is 0 Å². The zero-order valence-electron chi connectivity index (χ0n) is 17.6. The van der Waals surface area contributed by atoms with Gasteiger partial charge in [0, 0.05) is 23.2 Å². The number of nitriles is 1. The van der Waals surface area contributed by atoms with Crippen LogP contribution in [0.5, 0.6) is 5.75 Å². The molecule has 0 unspecified atom stereocenters. The van der Waals surface area contributed by atoms with Gasteiger partial charge >= 0.3 is 5.97 Å². The third kappa shape index (κ3) is 4.19. The molecule has 6 nitrogen and oxygen atoms in total. The van der Waals surface area contributed by atoms with Gasteiger partial charge in [-0.05, 0) is 60.5 Å². The molecule has 160 valence electrons. The Morgan fingerprint density at radius 3 is 2.44 bits per heavy atom. The molecule has 3 aromatic carbocycles. The number of carboxylic acid groups (broad SMARTS) is 1. The summed E-state index contributed by atoms with van der Waals surface area (Å²) in [6.07, 6.45) is -0.0898. The molecule has 0 bridgehead atoms. The quantitative estimate of drug-likeness (QED) is 0.615. The molecule has 0 spiro atoms. The summed E-state index contributed by atoms with van der Waals surface area (Å²) in [4.78, 5) is 26.5. The number of fused-ring (bicyclic) bond motifs is 1. The lowest BCUT2D eigenvalue weighted by Gasteiger charge is -2.25. The number of nitrogens with zero attached hydrogens (tertiary/aromatic N) is 2. The van der Waals surface area contributed by atoms with E-state index in [4.69, 9.17) is 10.00 Å². The lowest BCUT2D eigenvalue weighted by Crippen LogP contribution is -2.37. The number of carbonyl (C=O) groups is 2. The molecule has 0 aliphatic carbocycles. The second-order valence-electron chi connectivity index (χ2n) is 7.80. The average molecular weight is 426 g/mol. The van der Waals surface area contributed by atoms with Gasteiger partial charge < -0.3 is 14.7 Å². The zero-order valence-corrected chi connectivity index (χ0v) is 17.6. The van der Waals surface area contributed by atoms with Crippen molar-refractivity contribution >= 4 is 17.6 Å². The largest absolute Gasteiger partial charge is 0.489 e. The van der Waals surface area contributed by atoms with Crippen molar-refractivity contribution < 1.29 is 19.4 Å². The summed E-state index contributed by atoms with van der Waals surface area (Å²) in [5.74, 6) is -0.877. The van der Waals surface area contributed by atoms with Crippen molar-refractivity contribution in [1.82, 2.24) is 0 Å². The molecule has 0 fully saturated rings.